The molecule has 2 fully saturated rings. The van der Waals surface area contributed by atoms with Gasteiger partial charge >= 0.3 is 0 Å². The van der Waals surface area contributed by atoms with E-state index in [9.17, 15) is 5.11 Å². The van der Waals surface area contributed by atoms with E-state index >= 15 is 0 Å². The van der Waals surface area contributed by atoms with Crippen molar-refractivity contribution in [1.29, 1.82) is 0 Å². The molecule has 2 aliphatic carbocycles. The Morgan fingerprint density at radius 3 is 2.48 bits per heavy atom. The van der Waals surface area contributed by atoms with Crippen LogP contribution in [0.25, 0.3) is 0 Å². The van der Waals surface area contributed by atoms with Crippen molar-refractivity contribution < 1.29 is 5.11 Å². The predicted octanol–water partition coefficient (Wildman–Crippen LogP) is 4.51. The lowest BCUT2D eigenvalue weighted by Crippen LogP contribution is -2.47. The topological polar surface area (TPSA) is 32.3 Å². The number of hydrogen-bond acceptors (Lipinski definition) is 2. The van der Waals surface area contributed by atoms with E-state index in [2.05, 4.69) is 33.0 Å². The van der Waals surface area contributed by atoms with Crippen LogP contribution >= 0.6 is 0 Å². The standard InChI is InChI=1S/C19H37NO/c1-15-7-6-12-19(21,13-15)14-20-17-9-5-8-16(10-11-17)18(2,3)4/h15-17,20-21H,5-14H2,1-4H3. The van der Waals surface area contributed by atoms with Gasteiger partial charge in [0.1, 0.15) is 0 Å². The van der Waals surface area contributed by atoms with Gasteiger partial charge in [-0.2, -0.15) is 0 Å². The molecule has 0 aromatic carbocycles. The fraction of sp³-hybridized carbons (Fsp3) is 1.00. The van der Waals surface area contributed by atoms with E-state index < -0.39 is 5.60 Å². The highest BCUT2D eigenvalue weighted by atomic mass is 16.3. The maximum Gasteiger partial charge on any atom is 0.0774 e. The second-order valence-electron chi connectivity index (χ2n) is 9.07. The first kappa shape index (κ1) is 17.3. The second kappa shape index (κ2) is 7.00. The third-order valence-corrected chi connectivity index (χ3v) is 5.98. The first-order valence-corrected chi connectivity index (χ1v) is 9.24. The van der Waals surface area contributed by atoms with Crippen LogP contribution in [0.15, 0.2) is 0 Å². The van der Waals surface area contributed by atoms with Gasteiger partial charge in [0, 0.05) is 12.6 Å². The molecule has 0 saturated heterocycles. The Morgan fingerprint density at radius 2 is 1.81 bits per heavy atom. The molecule has 124 valence electrons. The zero-order valence-corrected chi connectivity index (χ0v) is 14.8. The minimum atomic E-state index is -0.437. The largest absolute Gasteiger partial charge is 0.389 e. The van der Waals surface area contributed by atoms with Crippen molar-refractivity contribution in [2.75, 3.05) is 6.54 Å². The van der Waals surface area contributed by atoms with Gasteiger partial charge in [-0.05, 0) is 55.8 Å². The second-order valence-corrected chi connectivity index (χ2v) is 9.07. The third-order valence-electron chi connectivity index (χ3n) is 5.98. The Hall–Kier alpha value is -0.0800. The lowest BCUT2D eigenvalue weighted by molar-refractivity contribution is -0.0141. The maximum absolute atomic E-state index is 10.8. The van der Waals surface area contributed by atoms with Crippen molar-refractivity contribution in [3.05, 3.63) is 0 Å². The molecule has 2 heteroatoms. The summed E-state index contributed by atoms with van der Waals surface area (Å²) in [6.45, 7) is 10.2. The van der Waals surface area contributed by atoms with Crippen molar-refractivity contribution in [3.8, 4) is 0 Å². The molecule has 0 aromatic heterocycles. The zero-order chi connectivity index (χ0) is 15.5. The van der Waals surface area contributed by atoms with E-state index in [-0.39, 0.29) is 0 Å². The van der Waals surface area contributed by atoms with Gasteiger partial charge < -0.3 is 10.4 Å². The summed E-state index contributed by atoms with van der Waals surface area (Å²) in [7, 11) is 0. The van der Waals surface area contributed by atoms with Crippen molar-refractivity contribution >= 4 is 0 Å². The molecular formula is C19H37NO. The van der Waals surface area contributed by atoms with Crippen LogP contribution in [0, 0.1) is 17.3 Å². The van der Waals surface area contributed by atoms with Crippen LogP contribution in [0.3, 0.4) is 0 Å². The molecule has 0 aromatic rings. The molecule has 21 heavy (non-hydrogen) atoms. The van der Waals surface area contributed by atoms with Gasteiger partial charge in [0.05, 0.1) is 5.60 Å². The van der Waals surface area contributed by atoms with Crippen LogP contribution < -0.4 is 5.32 Å². The van der Waals surface area contributed by atoms with Crippen molar-refractivity contribution in [3.63, 3.8) is 0 Å². The van der Waals surface area contributed by atoms with E-state index in [0.717, 1.165) is 25.3 Å². The lowest BCUT2D eigenvalue weighted by Gasteiger charge is -2.37. The summed E-state index contributed by atoms with van der Waals surface area (Å²) in [6, 6.07) is 0.624. The molecule has 2 N–H and O–H groups in total. The van der Waals surface area contributed by atoms with Crippen LogP contribution in [0.2, 0.25) is 0 Å². The molecule has 0 amide bonds. The Kier molecular flexibility index (Phi) is 5.76. The van der Waals surface area contributed by atoms with E-state index in [1.807, 2.05) is 0 Å². The zero-order valence-electron chi connectivity index (χ0n) is 14.8. The van der Waals surface area contributed by atoms with Gasteiger partial charge in [0.25, 0.3) is 0 Å². The first-order valence-electron chi connectivity index (χ1n) is 9.24. The summed E-state index contributed by atoms with van der Waals surface area (Å²) >= 11 is 0. The quantitative estimate of drug-likeness (QED) is 0.751. The lowest BCUT2D eigenvalue weighted by atomic mass is 9.76. The van der Waals surface area contributed by atoms with Gasteiger partial charge in [0.2, 0.25) is 0 Å². The van der Waals surface area contributed by atoms with E-state index in [4.69, 9.17) is 0 Å². The highest BCUT2D eigenvalue weighted by Gasteiger charge is 2.33. The van der Waals surface area contributed by atoms with Crippen LogP contribution in [0.5, 0.6) is 0 Å². The number of rotatable bonds is 3. The molecule has 2 saturated carbocycles. The van der Waals surface area contributed by atoms with Crippen LogP contribution in [-0.2, 0) is 0 Å². The average molecular weight is 296 g/mol. The van der Waals surface area contributed by atoms with E-state index in [1.165, 1.54) is 44.9 Å². The minimum absolute atomic E-state index is 0.437. The van der Waals surface area contributed by atoms with Crippen LogP contribution in [0.4, 0.5) is 0 Å². The van der Waals surface area contributed by atoms with Gasteiger partial charge in [-0.25, -0.2) is 0 Å². The molecular weight excluding hydrogens is 258 g/mol. The van der Waals surface area contributed by atoms with Crippen LogP contribution in [0.1, 0.15) is 85.5 Å². The van der Waals surface area contributed by atoms with Gasteiger partial charge in [0.15, 0.2) is 0 Å². The summed E-state index contributed by atoms with van der Waals surface area (Å²) in [5, 5.41) is 14.5. The van der Waals surface area contributed by atoms with E-state index in [0.29, 0.717) is 17.4 Å². The molecule has 2 nitrogen and oxygen atoms in total. The van der Waals surface area contributed by atoms with Gasteiger partial charge in [-0.15, -0.1) is 0 Å². The van der Waals surface area contributed by atoms with Gasteiger partial charge in [-0.1, -0.05) is 47.0 Å². The summed E-state index contributed by atoms with van der Waals surface area (Å²) in [5.41, 5.74) is 0.0132. The molecule has 0 bridgehead atoms. The molecule has 0 aliphatic heterocycles. The highest BCUT2D eigenvalue weighted by molar-refractivity contribution is 4.89. The van der Waals surface area contributed by atoms with E-state index in [1.54, 1.807) is 0 Å². The van der Waals surface area contributed by atoms with Gasteiger partial charge in [-0.3, -0.25) is 0 Å². The molecule has 2 aliphatic rings. The summed E-state index contributed by atoms with van der Waals surface area (Å²) in [4.78, 5) is 0. The smallest absolute Gasteiger partial charge is 0.0774 e. The fourth-order valence-corrected chi connectivity index (χ4v) is 4.50. The molecule has 0 radical (unpaired) electrons. The highest BCUT2D eigenvalue weighted by Crippen LogP contribution is 2.37. The first-order chi connectivity index (χ1) is 9.78. The monoisotopic (exact) mass is 295 g/mol. The number of aliphatic hydroxyl groups is 1. The maximum atomic E-state index is 10.8. The predicted molar refractivity (Wildman–Crippen MR) is 90.4 cm³/mol. The molecule has 4 unspecified atom stereocenters. The summed E-state index contributed by atoms with van der Waals surface area (Å²) in [5.74, 6) is 1.55. The molecule has 2 rings (SSSR count). The molecule has 0 spiro atoms. The fourth-order valence-electron chi connectivity index (χ4n) is 4.50. The number of nitrogens with one attached hydrogen (secondary N) is 1. The number of hydrogen-bond donors (Lipinski definition) is 2. The Labute approximate surface area is 132 Å². The van der Waals surface area contributed by atoms with Crippen molar-refractivity contribution in [2.24, 2.45) is 17.3 Å². The summed E-state index contributed by atoms with van der Waals surface area (Å²) < 4.78 is 0. The Bertz CT molecular complexity index is 322. The van der Waals surface area contributed by atoms with Crippen molar-refractivity contribution in [2.45, 2.75) is 97.1 Å². The van der Waals surface area contributed by atoms with Crippen molar-refractivity contribution in [1.82, 2.24) is 5.32 Å². The minimum Gasteiger partial charge on any atom is -0.389 e. The normalized spacial score (nSPS) is 39.0. The van der Waals surface area contributed by atoms with Crippen LogP contribution in [-0.4, -0.2) is 23.3 Å². The Balaban J connectivity index is 1.78. The molecule has 4 atom stereocenters. The molecule has 0 heterocycles. The third kappa shape index (κ3) is 5.25. The summed E-state index contributed by atoms with van der Waals surface area (Å²) in [6.07, 6.45) is 11.1. The Morgan fingerprint density at radius 1 is 1.05 bits per heavy atom. The SMILES string of the molecule is CC1CCCC(O)(CNC2CCCC(C(C)(C)C)CC2)C1. The average Bonchev–Trinajstić information content (AvgIpc) is 2.61.